The molecule has 0 aliphatic carbocycles. The molecule has 1 unspecified atom stereocenters. The number of nitrogens with zero attached hydrogens (tertiary/aromatic N) is 5. The Kier molecular flexibility index (Phi) is 4.56. The van der Waals surface area contributed by atoms with E-state index >= 15 is 0 Å². The Bertz CT molecular complexity index is 977. The number of benzene rings is 1. The molecule has 6 heteroatoms. The van der Waals surface area contributed by atoms with Crippen molar-refractivity contribution in [3.05, 3.63) is 66.0 Å². The van der Waals surface area contributed by atoms with E-state index in [-0.39, 0.29) is 0 Å². The highest BCUT2D eigenvalue weighted by molar-refractivity contribution is 5.60. The van der Waals surface area contributed by atoms with Crippen LogP contribution < -0.4 is 4.90 Å². The third-order valence-electron chi connectivity index (χ3n) is 5.17. The van der Waals surface area contributed by atoms with Crippen LogP contribution in [0.1, 0.15) is 17.7 Å². The van der Waals surface area contributed by atoms with Crippen molar-refractivity contribution < 1.29 is 5.11 Å². The van der Waals surface area contributed by atoms with Gasteiger partial charge >= 0.3 is 0 Å². The average Bonchev–Trinajstić information content (AvgIpc) is 3.23. The predicted molar refractivity (Wildman–Crippen MR) is 104 cm³/mol. The average molecular weight is 361 g/mol. The largest absolute Gasteiger partial charge is 0.387 e. The van der Waals surface area contributed by atoms with Crippen molar-refractivity contribution in [1.82, 2.24) is 14.3 Å². The van der Waals surface area contributed by atoms with E-state index in [2.05, 4.69) is 28.1 Å². The van der Waals surface area contributed by atoms with Crippen molar-refractivity contribution in [3.8, 4) is 6.07 Å². The molecule has 3 heterocycles. The lowest BCUT2D eigenvalue weighted by molar-refractivity contribution is 0.0561. The zero-order valence-corrected chi connectivity index (χ0v) is 15.4. The van der Waals surface area contributed by atoms with E-state index in [0.717, 1.165) is 18.7 Å². The van der Waals surface area contributed by atoms with E-state index in [1.807, 2.05) is 54.5 Å². The maximum Gasteiger partial charge on any atom is 0.169 e. The van der Waals surface area contributed by atoms with Gasteiger partial charge in [0.05, 0.1) is 5.60 Å². The summed E-state index contributed by atoms with van der Waals surface area (Å²) in [5.41, 5.74) is 1.67. The summed E-state index contributed by atoms with van der Waals surface area (Å²) in [6.07, 6.45) is 2.55. The number of likely N-dealkylation sites (tertiary alicyclic amines) is 1. The van der Waals surface area contributed by atoms with Gasteiger partial charge in [0.15, 0.2) is 11.5 Å². The molecule has 0 radical (unpaired) electrons. The van der Waals surface area contributed by atoms with Gasteiger partial charge in [-0.1, -0.05) is 36.4 Å². The van der Waals surface area contributed by atoms with Crippen molar-refractivity contribution >= 4 is 11.5 Å². The first-order valence-electron chi connectivity index (χ1n) is 9.15. The normalized spacial score (nSPS) is 20.0. The first-order chi connectivity index (χ1) is 13.1. The topological polar surface area (TPSA) is 67.8 Å². The van der Waals surface area contributed by atoms with Gasteiger partial charge in [0.2, 0.25) is 0 Å². The van der Waals surface area contributed by atoms with E-state index in [1.54, 1.807) is 4.40 Å². The summed E-state index contributed by atoms with van der Waals surface area (Å²) in [6.45, 7) is 2.75. The Labute approximate surface area is 158 Å². The van der Waals surface area contributed by atoms with Gasteiger partial charge in [-0.25, -0.2) is 4.98 Å². The molecule has 1 saturated heterocycles. The second-order valence-corrected chi connectivity index (χ2v) is 7.35. The number of fused-ring (bicyclic) bond motifs is 1. The number of anilines is 1. The van der Waals surface area contributed by atoms with Crippen molar-refractivity contribution in [2.45, 2.75) is 18.6 Å². The summed E-state index contributed by atoms with van der Waals surface area (Å²) in [5.74, 6) is 0.610. The fraction of sp³-hybridized carbons (Fsp3) is 0.333. The number of aromatic nitrogens is 2. The minimum Gasteiger partial charge on any atom is -0.387 e. The number of pyridine rings is 1. The van der Waals surface area contributed by atoms with Gasteiger partial charge in [-0.05, 0) is 24.1 Å². The summed E-state index contributed by atoms with van der Waals surface area (Å²) in [4.78, 5) is 8.76. The maximum absolute atomic E-state index is 11.1. The third-order valence-corrected chi connectivity index (χ3v) is 5.17. The van der Waals surface area contributed by atoms with Crippen LogP contribution in [0.2, 0.25) is 0 Å². The van der Waals surface area contributed by atoms with Gasteiger partial charge in [0.25, 0.3) is 0 Å². The highest BCUT2D eigenvalue weighted by Gasteiger charge is 2.37. The lowest BCUT2D eigenvalue weighted by atomic mass is 10.0. The molecule has 1 fully saturated rings. The first-order valence-corrected chi connectivity index (χ1v) is 9.15. The SMILES string of the molecule is CN(CC1(O)CCN(Cc2ccccc2)C1)c1nc2ccccn2c1C#N. The van der Waals surface area contributed by atoms with Gasteiger partial charge in [0, 0.05) is 39.4 Å². The Hall–Kier alpha value is -2.88. The van der Waals surface area contributed by atoms with Gasteiger partial charge in [-0.15, -0.1) is 0 Å². The minimum absolute atomic E-state index is 0.441. The van der Waals surface area contributed by atoms with E-state index in [1.165, 1.54) is 5.56 Å². The number of nitriles is 1. The molecule has 1 aliphatic rings. The minimum atomic E-state index is -0.813. The maximum atomic E-state index is 11.1. The van der Waals surface area contributed by atoms with Crippen molar-refractivity contribution in [3.63, 3.8) is 0 Å². The second-order valence-electron chi connectivity index (χ2n) is 7.35. The van der Waals surface area contributed by atoms with E-state index < -0.39 is 5.60 Å². The zero-order valence-electron chi connectivity index (χ0n) is 15.4. The molecule has 27 heavy (non-hydrogen) atoms. The molecule has 1 aromatic carbocycles. The van der Waals surface area contributed by atoms with Crippen LogP contribution in [-0.2, 0) is 6.54 Å². The Morgan fingerprint density at radius 1 is 1.22 bits per heavy atom. The standard InChI is InChI=1S/C21H23N5O/c1-24(20-18(13-22)26-11-6-5-9-19(26)23-20)15-21(27)10-12-25(16-21)14-17-7-3-2-4-8-17/h2-9,11,27H,10,12,14-16H2,1H3. The number of hydrogen-bond acceptors (Lipinski definition) is 5. The zero-order chi connectivity index (χ0) is 18.9. The van der Waals surface area contributed by atoms with Crippen LogP contribution >= 0.6 is 0 Å². The molecule has 0 amide bonds. The van der Waals surface area contributed by atoms with Crippen LogP contribution in [0, 0.1) is 11.3 Å². The van der Waals surface area contributed by atoms with Crippen LogP contribution in [0.3, 0.4) is 0 Å². The predicted octanol–water partition coefficient (Wildman–Crippen LogP) is 2.28. The lowest BCUT2D eigenvalue weighted by Crippen LogP contribution is -2.44. The second kappa shape index (κ2) is 7.03. The van der Waals surface area contributed by atoms with E-state index in [9.17, 15) is 10.4 Å². The monoisotopic (exact) mass is 361 g/mol. The van der Waals surface area contributed by atoms with Gasteiger partial charge in [-0.2, -0.15) is 5.26 Å². The first kappa shape index (κ1) is 17.5. The quantitative estimate of drug-likeness (QED) is 0.755. The fourth-order valence-corrected chi connectivity index (χ4v) is 3.92. The molecule has 2 aromatic heterocycles. The number of imidazole rings is 1. The van der Waals surface area contributed by atoms with Gasteiger partial charge in [0.1, 0.15) is 11.7 Å². The van der Waals surface area contributed by atoms with Crippen LogP contribution in [0.5, 0.6) is 0 Å². The molecule has 138 valence electrons. The summed E-state index contributed by atoms with van der Waals surface area (Å²) in [6, 6.07) is 18.2. The summed E-state index contributed by atoms with van der Waals surface area (Å²) in [7, 11) is 1.89. The lowest BCUT2D eigenvalue weighted by Gasteiger charge is -2.29. The van der Waals surface area contributed by atoms with Crippen LogP contribution in [0.25, 0.3) is 5.65 Å². The molecule has 0 saturated carbocycles. The number of hydrogen-bond donors (Lipinski definition) is 1. The number of likely N-dealkylation sites (N-methyl/N-ethyl adjacent to an activating group) is 1. The molecule has 0 spiro atoms. The van der Waals surface area contributed by atoms with Crippen molar-refractivity contribution in [2.24, 2.45) is 0 Å². The number of β-amino-alcohol motifs (C(OH)–C–C–N with tert-alkyl or cyclic N) is 1. The summed E-state index contributed by atoms with van der Waals surface area (Å²) < 4.78 is 1.78. The third kappa shape index (κ3) is 3.52. The van der Waals surface area contributed by atoms with Gasteiger partial charge in [-0.3, -0.25) is 9.30 Å². The van der Waals surface area contributed by atoms with Crippen LogP contribution in [0.15, 0.2) is 54.7 Å². The van der Waals surface area contributed by atoms with Crippen molar-refractivity contribution in [2.75, 3.05) is 31.6 Å². The van der Waals surface area contributed by atoms with Crippen LogP contribution in [-0.4, -0.2) is 51.7 Å². The van der Waals surface area contributed by atoms with E-state index in [0.29, 0.717) is 31.0 Å². The molecule has 6 nitrogen and oxygen atoms in total. The van der Waals surface area contributed by atoms with E-state index in [4.69, 9.17) is 0 Å². The number of rotatable bonds is 5. The van der Waals surface area contributed by atoms with Gasteiger partial charge < -0.3 is 10.0 Å². The molecule has 1 aliphatic heterocycles. The molecule has 3 aromatic rings. The molecule has 4 rings (SSSR count). The van der Waals surface area contributed by atoms with Crippen LogP contribution in [0.4, 0.5) is 5.82 Å². The highest BCUT2D eigenvalue weighted by Crippen LogP contribution is 2.27. The molecule has 0 bridgehead atoms. The summed E-state index contributed by atoms with van der Waals surface area (Å²) in [5, 5.41) is 20.7. The molecule has 1 N–H and O–H groups in total. The highest BCUT2D eigenvalue weighted by atomic mass is 16.3. The Balaban J connectivity index is 1.48. The smallest absolute Gasteiger partial charge is 0.169 e. The fourth-order valence-electron chi connectivity index (χ4n) is 3.92. The Morgan fingerprint density at radius 2 is 2.00 bits per heavy atom. The molecular weight excluding hydrogens is 338 g/mol. The molecule has 1 atom stereocenters. The Morgan fingerprint density at radius 3 is 2.78 bits per heavy atom. The summed E-state index contributed by atoms with van der Waals surface area (Å²) >= 11 is 0. The number of aliphatic hydroxyl groups is 1. The molecular formula is C21H23N5O. The van der Waals surface area contributed by atoms with Crippen molar-refractivity contribution in [1.29, 1.82) is 5.26 Å².